The minimum absolute atomic E-state index is 0.516. The van der Waals surface area contributed by atoms with E-state index in [1.807, 2.05) is 0 Å². The van der Waals surface area contributed by atoms with Gasteiger partial charge in [-0.05, 0) is 12.7 Å². The summed E-state index contributed by atoms with van der Waals surface area (Å²) in [5.41, 5.74) is 6.77. The summed E-state index contributed by atoms with van der Waals surface area (Å²) in [4.78, 5) is 5.81. The molecule has 0 bridgehead atoms. The molecular formula is C10H14N4S3. The number of rotatable bonds is 5. The van der Waals surface area contributed by atoms with E-state index in [9.17, 15) is 0 Å². The molecule has 0 atom stereocenters. The Hall–Kier alpha value is -0.660. The molecule has 0 aliphatic heterocycles. The van der Waals surface area contributed by atoms with Crippen LogP contribution in [0.25, 0.3) is 9.88 Å². The van der Waals surface area contributed by atoms with Gasteiger partial charge in [-0.1, -0.05) is 24.7 Å². The van der Waals surface area contributed by atoms with E-state index >= 15 is 0 Å². The number of nitrogen functional groups attached to an aromatic ring is 1. The average molecular weight is 286 g/mol. The molecule has 2 rings (SSSR count). The first-order valence-electron chi connectivity index (χ1n) is 5.31. The lowest BCUT2D eigenvalue weighted by Crippen LogP contribution is -1.87. The van der Waals surface area contributed by atoms with Crippen LogP contribution in [0.1, 0.15) is 24.0 Å². The first-order valence-corrected chi connectivity index (χ1v) is 8.34. The molecule has 4 nitrogen and oxygen atoms in total. The maximum absolute atomic E-state index is 5.63. The van der Waals surface area contributed by atoms with Gasteiger partial charge in [-0.2, -0.15) is 11.8 Å². The SMILES string of the molecule is CCCc1nc(CSC)sc1-c1nnc(N)s1. The number of aryl methyl sites for hydroxylation is 1. The molecule has 0 saturated heterocycles. The Morgan fingerprint density at radius 1 is 1.29 bits per heavy atom. The molecule has 2 N–H and O–H groups in total. The number of aromatic nitrogens is 3. The van der Waals surface area contributed by atoms with Gasteiger partial charge in [0.2, 0.25) is 5.13 Å². The fourth-order valence-electron chi connectivity index (χ4n) is 1.49. The van der Waals surface area contributed by atoms with Crippen molar-refractivity contribution >= 4 is 39.6 Å². The molecular weight excluding hydrogens is 272 g/mol. The van der Waals surface area contributed by atoms with Crippen LogP contribution < -0.4 is 5.73 Å². The van der Waals surface area contributed by atoms with Gasteiger partial charge in [-0.3, -0.25) is 0 Å². The Labute approximate surface area is 113 Å². The van der Waals surface area contributed by atoms with Crippen molar-refractivity contribution in [1.29, 1.82) is 0 Å². The van der Waals surface area contributed by atoms with Crippen molar-refractivity contribution < 1.29 is 0 Å². The molecule has 0 amide bonds. The van der Waals surface area contributed by atoms with Crippen LogP contribution in [0.3, 0.4) is 0 Å². The lowest BCUT2D eigenvalue weighted by molar-refractivity contribution is 0.888. The molecule has 2 aromatic heterocycles. The minimum Gasteiger partial charge on any atom is -0.374 e. The molecule has 2 heterocycles. The Bertz CT molecular complexity index is 491. The molecule has 0 saturated carbocycles. The van der Waals surface area contributed by atoms with E-state index in [0.717, 1.165) is 39.2 Å². The highest BCUT2D eigenvalue weighted by atomic mass is 32.2. The van der Waals surface area contributed by atoms with Crippen LogP contribution >= 0.6 is 34.4 Å². The predicted molar refractivity (Wildman–Crippen MR) is 76.6 cm³/mol. The van der Waals surface area contributed by atoms with Crippen LogP contribution in [0.4, 0.5) is 5.13 Å². The summed E-state index contributed by atoms with van der Waals surface area (Å²) < 4.78 is 0. The predicted octanol–water partition coefficient (Wildman–Crippen LogP) is 3.06. The van der Waals surface area contributed by atoms with Crippen LogP contribution in [-0.2, 0) is 12.2 Å². The van der Waals surface area contributed by atoms with E-state index in [0.29, 0.717) is 5.13 Å². The number of thioether (sulfide) groups is 1. The first kappa shape index (κ1) is 12.8. The molecule has 0 fully saturated rings. The third-order valence-electron chi connectivity index (χ3n) is 2.13. The number of thiazole rings is 1. The van der Waals surface area contributed by atoms with Crippen molar-refractivity contribution in [3.63, 3.8) is 0 Å². The van der Waals surface area contributed by atoms with Gasteiger partial charge in [-0.25, -0.2) is 4.98 Å². The third-order valence-corrected chi connectivity index (χ3v) is 4.88. The van der Waals surface area contributed by atoms with Crippen LogP contribution in [0, 0.1) is 0 Å². The summed E-state index contributed by atoms with van der Waals surface area (Å²) >= 11 is 4.93. The van der Waals surface area contributed by atoms with Crippen molar-refractivity contribution in [2.75, 3.05) is 12.0 Å². The van der Waals surface area contributed by atoms with Gasteiger partial charge < -0.3 is 5.73 Å². The van der Waals surface area contributed by atoms with Crippen LogP contribution in [0.15, 0.2) is 0 Å². The number of anilines is 1. The van der Waals surface area contributed by atoms with Gasteiger partial charge >= 0.3 is 0 Å². The Morgan fingerprint density at radius 2 is 2.12 bits per heavy atom. The van der Waals surface area contributed by atoms with E-state index in [2.05, 4.69) is 28.4 Å². The lowest BCUT2D eigenvalue weighted by atomic mass is 10.2. The normalized spacial score (nSPS) is 10.9. The zero-order valence-corrected chi connectivity index (χ0v) is 12.2. The average Bonchev–Trinajstić information content (AvgIpc) is 2.86. The number of hydrogen-bond donors (Lipinski definition) is 1. The van der Waals surface area contributed by atoms with Crippen molar-refractivity contribution in [2.24, 2.45) is 0 Å². The molecule has 0 spiro atoms. The van der Waals surface area contributed by atoms with E-state index in [-0.39, 0.29) is 0 Å². The van der Waals surface area contributed by atoms with Gasteiger partial charge in [0.1, 0.15) is 5.01 Å². The molecule has 17 heavy (non-hydrogen) atoms. The second kappa shape index (κ2) is 5.79. The van der Waals surface area contributed by atoms with Gasteiger partial charge in [-0.15, -0.1) is 21.5 Å². The highest BCUT2D eigenvalue weighted by molar-refractivity contribution is 7.97. The van der Waals surface area contributed by atoms with E-state index in [1.54, 1.807) is 23.1 Å². The summed E-state index contributed by atoms with van der Waals surface area (Å²) in [6.45, 7) is 2.16. The molecule has 2 aromatic rings. The molecule has 0 aliphatic carbocycles. The smallest absolute Gasteiger partial charge is 0.203 e. The Balaban J connectivity index is 2.36. The first-order chi connectivity index (χ1) is 8.24. The molecule has 0 radical (unpaired) electrons. The van der Waals surface area contributed by atoms with Crippen molar-refractivity contribution in [3.8, 4) is 9.88 Å². The molecule has 0 aromatic carbocycles. The summed E-state index contributed by atoms with van der Waals surface area (Å²) in [7, 11) is 0. The zero-order chi connectivity index (χ0) is 12.3. The fourth-order valence-corrected chi connectivity index (χ4v) is 3.99. The van der Waals surface area contributed by atoms with Gasteiger partial charge in [0.15, 0.2) is 5.01 Å². The van der Waals surface area contributed by atoms with Gasteiger partial charge in [0, 0.05) is 5.75 Å². The summed E-state index contributed by atoms with van der Waals surface area (Å²) in [5, 5.41) is 10.6. The monoisotopic (exact) mass is 286 g/mol. The maximum Gasteiger partial charge on any atom is 0.203 e. The molecule has 0 unspecified atom stereocenters. The minimum atomic E-state index is 0.516. The largest absolute Gasteiger partial charge is 0.374 e. The highest BCUT2D eigenvalue weighted by Crippen LogP contribution is 2.34. The van der Waals surface area contributed by atoms with E-state index in [4.69, 9.17) is 5.73 Å². The fraction of sp³-hybridized carbons (Fsp3) is 0.500. The van der Waals surface area contributed by atoms with Crippen LogP contribution in [0.5, 0.6) is 0 Å². The quantitative estimate of drug-likeness (QED) is 0.915. The van der Waals surface area contributed by atoms with E-state index < -0.39 is 0 Å². The highest BCUT2D eigenvalue weighted by Gasteiger charge is 2.15. The van der Waals surface area contributed by atoms with Crippen molar-refractivity contribution in [3.05, 3.63) is 10.7 Å². The van der Waals surface area contributed by atoms with Crippen LogP contribution in [-0.4, -0.2) is 21.4 Å². The topological polar surface area (TPSA) is 64.7 Å². The van der Waals surface area contributed by atoms with Crippen LogP contribution in [0.2, 0.25) is 0 Å². The second-order valence-electron chi connectivity index (χ2n) is 3.51. The second-order valence-corrected chi connectivity index (χ2v) is 6.47. The number of nitrogens with zero attached hydrogens (tertiary/aromatic N) is 3. The zero-order valence-electron chi connectivity index (χ0n) is 9.77. The maximum atomic E-state index is 5.63. The summed E-state index contributed by atoms with van der Waals surface area (Å²) in [6.07, 6.45) is 4.16. The Kier molecular flexibility index (Phi) is 4.36. The molecule has 7 heteroatoms. The number of nitrogens with two attached hydrogens (primary N) is 1. The van der Waals surface area contributed by atoms with Gasteiger partial charge in [0.05, 0.1) is 10.6 Å². The summed E-state index contributed by atoms with van der Waals surface area (Å²) in [5.74, 6) is 0.954. The molecule has 0 aliphatic rings. The Morgan fingerprint density at radius 3 is 2.71 bits per heavy atom. The van der Waals surface area contributed by atoms with E-state index in [1.165, 1.54) is 11.3 Å². The third kappa shape index (κ3) is 2.97. The van der Waals surface area contributed by atoms with Crippen molar-refractivity contribution in [2.45, 2.75) is 25.5 Å². The standard InChI is InChI=1S/C10H14N4S3/c1-3-4-6-8(9-13-14-10(11)17-9)16-7(12-6)5-15-2/h3-5H2,1-2H3,(H2,11,14). The van der Waals surface area contributed by atoms with Crippen molar-refractivity contribution in [1.82, 2.24) is 15.2 Å². The van der Waals surface area contributed by atoms with Gasteiger partial charge in [0.25, 0.3) is 0 Å². The molecule has 92 valence electrons. The lowest BCUT2D eigenvalue weighted by Gasteiger charge is -1.94. The summed E-state index contributed by atoms with van der Waals surface area (Å²) in [6, 6.07) is 0. The number of hydrogen-bond acceptors (Lipinski definition) is 7.